The first-order chi connectivity index (χ1) is 7.72. The number of aromatic nitrogens is 2. The summed E-state index contributed by atoms with van der Waals surface area (Å²) in [6.45, 7) is 6.28. The van der Waals surface area contributed by atoms with E-state index in [1.807, 2.05) is 14.0 Å². The summed E-state index contributed by atoms with van der Waals surface area (Å²) in [4.78, 5) is 11.4. The molecular formula is C12H20N4. The number of nitrogens with one attached hydrogen (secondary N) is 1. The first-order valence-corrected chi connectivity index (χ1v) is 6.00. The normalized spacial score (nSPS) is 16.3. The summed E-state index contributed by atoms with van der Waals surface area (Å²) in [5.74, 6) is 1.83. The van der Waals surface area contributed by atoms with E-state index >= 15 is 0 Å². The van der Waals surface area contributed by atoms with Crippen LogP contribution >= 0.6 is 0 Å². The highest BCUT2D eigenvalue weighted by Gasteiger charge is 2.15. The Morgan fingerprint density at radius 3 is 2.38 bits per heavy atom. The Bertz CT molecular complexity index is 370. The van der Waals surface area contributed by atoms with Crippen LogP contribution in [0, 0.1) is 13.8 Å². The highest BCUT2D eigenvalue weighted by atomic mass is 15.3. The predicted octanol–water partition coefficient (Wildman–Crippen LogP) is 2.13. The number of rotatable bonds is 2. The maximum Gasteiger partial charge on any atom is 0.227 e. The molecule has 0 aromatic carbocycles. The Labute approximate surface area is 97.1 Å². The average molecular weight is 220 g/mol. The summed E-state index contributed by atoms with van der Waals surface area (Å²) < 4.78 is 0. The lowest BCUT2D eigenvalue weighted by atomic mass is 10.1. The number of aryl methyl sites for hydroxylation is 1. The van der Waals surface area contributed by atoms with Gasteiger partial charge in [0.05, 0.1) is 0 Å². The molecule has 0 atom stereocenters. The Hall–Kier alpha value is -1.32. The van der Waals surface area contributed by atoms with Crippen molar-refractivity contribution in [1.82, 2.24) is 9.97 Å². The molecule has 2 rings (SSSR count). The van der Waals surface area contributed by atoms with Gasteiger partial charge in [0.15, 0.2) is 0 Å². The number of hydrogen-bond acceptors (Lipinski definition) is 4. The molecule has 4 heteroatoms. The summed E-state index contributed by atoms with van der Waals surface area (Å²) >= 11 is 0. The molecule has 1 aromatic heterocycles. The molecular weight excluding hydrogens is 200 g/mol. The first kappa shape index (κ1) is 11.2. The summed E-state index contributed by atoms with van der Waals surface area (Å²) in [7, 11) is 1.91. The smallest absolute Gasteiger partial charge is 0.227 e. The van der Waals surface area contributed by atoms with Crippen molar-refractivity contribution < 1.29 is 0 Å². The molecule has 88 valence electrons. The Morgan fingerprint density at radius 1 is 1.06 bits per heavy atom. The molecule has 0 bridgehead atoms. The van der Waals surface area contributed by atoms with Gasteiger partial charge in [-0.05, 0) is 33.1 Å². The molecule has 2 heterocycles. The molecule has 1 aromatic rings. The summed E-state index contributed by atoms with van der Waals surface area (Å²) in [6.07, 6.45) is 3.84. The van der Waals surface area contributed by atoms with Gasteiger partial charge >= 0.3 is 0 Å². The molecule has 0 radical (unpaired) electrons. The van der Waals surface area contributed by atoms with Crippen molar-refractivity contribution >= 4 is 11.8 Å². The minimum atomic E-state index is 0.882. The minimum Gasteiger partial charge on any atom is -0.373 e. The zero-order chi connectivity index (χ0) is 11.5. The van der Waals surface area contributed by atoms with Gasteiger partial charge in [-0.25, -0.2) is 4.98 Å². The van der Waals surface area contributed by atoms with Crippen molar-refractivity contribution in [2.24, 2.45) is 0 Å². The van der Waals surface area contributed by atoms with Crippen LogP contribution in [0.15, 0.2) is 0 Å². The Morgan fingerprint density at radius 2 is 1.75 bits per heavy atom. The SMILES string of the molecule is CNc1nc(N2CCCCC2)nc(C)c1C. The van der Waals surface area contributed by atoms with Crippen LogP contribution < -0.4 is 10.2 Å². The Kier molecular flexibility index (Phi) is 3.27. The molecule has 0 unspecified atom stereocenters. The van der Waals surface area contributed by atoms with E-state index < -0.39 is 0 Å². The van der Waals surface area contributed by atoms with Crippen LogP contribution in [0.5, 0.6) is 0 Å². The molecule has 0 saturated carbocycles. The molecule has 1 N–H and O–H groups in total. The molecule has 1 aliphatic heterocycles. The third kappa shape index (κ3) is 2.10. The lowest BCUT2D eigenvalue weighted by Gasteiger charge is -2.27. The lowest BCUT2D eigenvalue weighted by Crippen LogP contribution is -2.31. The van der Waals surface area contributed by atoms with Gasteiger partial charge in [0.25, 0.3) is 0 Å². The second-order valence-corrected chi connectivity index (χ2v) is 4.38. The molecule has 1 aliphatic rings. The molecule has 1 saturated heterocycles. The number of nitrogens with zero attached hydrogens (tertiary/aromatic N) is 3. The standard InChI is InChI=1S/C12H20N4/c1-9-10(2)14-12(15-11(9)13-3)16-7-5-4-6-8-16/h4-8H2,1-3H3,(H,13,14,15). The molecule has 16 heavy (non-hydrogen) atoms. The van der Waals surface area contributed by atoms with Gasteiger partial charge in [-0.15, -0.1) is 0 Å². The third-order valence-corrected chi connectivity index (χ3v) is 3.25. The van der Waals surface area contributed by atoms with Crippen LogP contribution in [-0.2, 0) is 0 Å². The second kappa shape index (κ2) is 4.68. The maximum absolute atomic E-state index is 4.58. The van der Waals surface area contributed by atoms with Crippen LogP contribution in [0.1, 0.15) is 30.5 Å². The highest BCUT2D eigenvalue weighted by molar-refractivity contribution is 5.50. The van der Waals surface area contributed by atoms with Crippen molar-refractivity contribution in [2.45, 2.75) is 33.1 Å². The van der Waals surface area contributed by atoms with Crippen LogP contribution in [0.2, 0.25) is 0 Å². The van der Waals surface area contributed by atoms with Crippen LogP contribution in [0.25, 0.3) is 0 Å². The maximum atomic E-state index is 4.58. The van der Waals surface area contributed by atoms with Crippen molar-refractivity contribution in [2.75, 3.05) is 30.4 Å². The molecule has 4 nitrogen and oxygen atoms in total. The molecule has 0 aliphatic carbocycles. The quantitative estimate of drug-likeness (QED) is 0.829. The molecule has 1 fully saturated rings. The summed E-state index contributed by atoms with van der Waals surface area (Å²) in [5, 5.41) is 3.14. The zero-order valence-electron chi connectivity index (χ0n) is 10.4. The summed E-state index contributed by atoms with van der Waals surface area (Å²) in [6, 6.07) is 0. The second-order valence-electron chi connectivity index (χ2n) is 4.38. The zero-order valence-corrected chi connectivity index (χ0v) is 10.4. The van der Waals surface area contributed by atoms with Crippen LogP contribution in [0.3, 0.4) is 0 Å². The van der Waals surface area contributed by atoms with E-state index in [4.69, 9.17) is 0 Å². The molecule has 0 spiro atoms. The third-order valence-electron chi connectivity index (χ3n) is 3.25. The van der Waals surface area contributed by atoms with Gasteiger partial charge in [-0.3, -0.25) is 0 Å². The lowest BCUT2D eigenvalue weighted by molar-refractivity contribution is 0.567. The van der Waals surface area contributed by atoms with E-state index in [-0.39, 0.29) is 0 Å². The fraction of sp³-hybridized carbons (Fsp3) is 0.667. The van der Waals surface area contributed by atoms with Crippen molar-refractivity contribution in [3.8, 4) is 0 Å². The van der Waals surface area contributed by atoms with Gasteiger partial charge in [0.2, 0.25) is 5.95 Å². The molecule has 0 amide bonds. The van der Waals surface area contributed by atoms with E-state index in [9.17, 15) is 0 Å². The van der Waals surface area contributed by atoms with Crippen LogP contribution in [0.4, 0.5) is 11.8 Å². The minimum absolute atomic E-state index is 0.882. The average Bonchev–Trinajstić information content (AvgIpc) is 2.33. The predicted molar refractivity (Wildman–Crippen MR) is 67.1 cm³/mol. The van der Waals surface area contributed by atoms with E-state index in [0.717, 1.165) is 36.1 Å². The summed E-state index contributed by atoms with van der Waals surface area (Å²) in [5.41, 5.74) is 2.21. The van der Waals surface area contributed by atoms with E-state index in [2.05, 4.69) is 27.1 Å². The van der Waals surface area contributed by atoms with Crippen molar-refractivity contribution in [3.05, 3.63) is 11.3 Å². The van der Waals surface area contributed by atoms with Crippen LogP contribution in [-0.4, -0.2) is 30.1 Å². The van der Waals surface area contributed by atoms with Gasteiger partial charge in [-0.2, -0.15) is 4.98 Å². The van der Waals surface area contributed by atoms with Gasteiger partial charge < -0.3 is 10.2 Å². The number of anilines is 2. The first-order valence-electron chi connectivity index (χ1n) is 6.00. The van der Waals surface area contributed by atoms with E-state index in [1.165, 1.54) is 19.3 Å². The van der Waals surface area contributed by atoms with Gasteiger partial charge in [-0.1, -0.05) is 0 Å². The van der Waals surface area contributed by atoms with E-state index in [1.54, 1.807) is 0 Å². The van der Waals surface area contributed by atoms with Gasteiger partial charge in [0.1, 0.15) is 5.82 Å². The highest BCUT2D eigenvalue weighted by Crippen LogP contribution is 2.21. The topological polar surface area (TPSA) is 41.1 Å². The fourth-order valence-electron chi connectivity index (χ4n) is 2.09. The van der Waals surface area contributed by atoms with Crippen molar-refractivity contribution in [3.63, 3.8) is 0 Å². The fourth-order valence-corrected chi connectivity index (χ4v) is 2.09. The van der Waals surface area contributed by atoms with E-state index in [0.29, 0.717) is 0 Å². The van der Waals surface area contributed by atoms with Crippen molar-refractivity contribution in [1.29, 1.82) is 0 Å². The Balaban J connectivity index is 2.29. The van der Waals surface area contributed by atoms with Gasteiger partial charge in [0, 0.05) is 31.4 Å². The largest absolute Gasteiger partial charge is 0.373 e. The monoisotopic (exact) mass is 220 g/mol. The number of piperidine rings is 1. The number of hydrogen-bond donors (Lipinski definition) is 1.